The lowest BCUT2D eigenvalue weighted by atomic mass is 9.96. The summed E-state index contributed by atoms with van der Waals surface area (Å²) in [6.45, 7) is 4.79. The number of aromatic nitrogens is 2. The minimum Gasteiger partial charge on any atom is -0.355 e. The molecule has 1 aromatic heterocycles. The molecule has 0 spiro atoms. The van der Waals surface area contributed by atoms with Gasteiger partial charge in [-0.15, -0.1) is 35.0 Å². The standard InChI is InChI=1S/C16H25N5O.2ClH/c1-12(17)14-6-2-3-11-21(14)16(22)13-7-8-15(19-18-13)20-9-4-5-10-20;;/h7-8,12,14H,2-6,9-11,17H2,1H3;2*1H. The third kappa shape index (κ3) is 4.49. The monoisotopic (exact) mass is 375 g/mol. The van der Waals surface area contributed by atoms with E-state index >= 15 is 0 Å². The summed E-state index contributed by atoms with van der Waals surface area (Å²) in [5.41, 5.74) is 6.47. The van der Waals surface area contributed by atoms with Gasteiger partial charge in [-0.2, -0.15) is 0 Å². The Bertz CT molecular complexity index is 520. The van der Waals surface area contributed by atoms with Gasteiger partial charge in [-0.1, -0.05) is 0 Å². The van der Waals surface area contributed by atoms with E-state index < -0.39 is 0 Å². The zero-order chi connectivity index (χ0) is 15.5. The number of nitrogens with two attached hydrogens (primary N) is 1. The summed E-state index contributed by atoms with van der Waals surface area (Å²) in [6.07, 6.45) is 5.55. The summed E-state index contributed by atoms with van der Waals surface area (Å²) in [5.74, 6) is 0.832. The van der Waals surface area contributed by atoms with Crippen LogP contribution in [0.3, 0.4) is 0 Å². The van der Waals surface area contributed by atoms with Crippen LogP contribution in [0.25, 0.3) is 0 Å². The lowest BCUT2D eigenvalue weighted by Crippen LogP contribution is -2.51. The summed E-state index contributed by atoms with van der Waals surface area (Å²) >= 11 is 0. The Hall–Kier alpha value is -1.11. The van der Waals surface area contributed by atoms with Crippen molar-refractivity contribution in [1.82, 2.24) is 15.1 Å². The second-order valence-electron chi connectivity index (χ2n) is 6.39. The first-order valence-electron chi connectivity index (χ1n) is 8.32. The number of halogens is 2. The number of carbonyl (C=O) groups is 1. The van der Waals surface area contributed by atoms with Crippen LogP contribution in [0.5, 0.6) is 0 Å². The van der Waals surface area contributed by atoms with Gasteiger partial charge in [-0.25, -0.2) is 0 Å². The molecule has 2 unspecified atom stereocenters. The molecule has 0 radical (unpaired) electrons. The van der Waals surface area contributed by atoms with Crippen molar-refractivity contribution in [2.24, 2.45) is 5.73 Å². The smallest absolute Gasteiger partial charge is 0.274 e. The fourth-order valence-electron chi connectivity index (χ4n) is 3.46. The first-order valence-corrected chi connectivity index (χ1v) is 8.32. The Kier molecular flexibility index (Phi) is 8.19. The molecule has 2 saturated heterocycles. The van der Waals surface area contributed by atoms with Gasteiger partial charge in [0.15, 0.2) is 11.5 Å². The van der Waals surface area contributed by atoms with Crippen molar-refractivity contribution in [2.45, 2.75) is 51.1 Å². The Balaban J connectivity index is 0.00000144. The average molecular weight is 376 g/mol. The molecular weight excluding hydrogens is 349 g/mol. The van der Waals surface area contributed by atoms with Crippen molar-refractivity contribution in [3.63, 3.8) is 0 Å². The maximum atomic E-state index is 12.7. The minimum atomic E-state index is -0.0394. The molecule has 3 rings (SSSR count). The van der Waals surface area contributed by atoms with Gasteiger partial charge in [0.05, 0.1) is 0 Å². The van der Waals surface area contributed by atoms with Crippen LogP contribution in [-0.4, -0.2) is 52.7 Å². The van der Waals surface area contributed by atoms with Crippen molar-refractivity contribution < 1.29 is 4.79 Å². The highest BCUT2D eigenvalue weighted by molar-refractivity contribution is 5.92. The highest BCUT2D eigenvalue weighted by Crippen LogP contribution is 2.22. The van der Waals surface area contributed by atoms with Gasteiger partial charge in [0.1, 0.15) is 0 Å². The lowest BCUT2D eigenvalue weighted by Gasteiger charge is -2.37. The van der Waals surface area contributed by atoms with Crippen molar-refractivity contribution in [3.05, 3.63) is 17.8 Å². The first-order chi connectivity index (χ1) is 10.7. The minimum absolute atomic E-state index is 0. The third-order valence-electron chi connectivity index (χ3n) is 4.72. The predicted molar refractivity (Wildman–Crippen MR) is 100 cm³/mol. The fourth-order valence-corrected chi connectivity index (χ4v) is 3.46. The Morgan fingerprint density at radius 2 is 1.79 bits per heavy atom. The molecule has 8 heteroatoms. The number of piperidine rings is 1. The molecule has 2 aliphatic rings. The van der Waals surface area contributed by atoms with Crippen LogP contribution >= 0.6 is 24.8 Å². The van der Waals surface area contributed by atoms with Crippen LogP contribution < -0.4 is 10.6 Å². The van der Waals surface area contributed by atoms with Gasteiger partial charge in [-0.05, 0) is 51.2 Å². The normalized spacial score (nSPS) is 21.7. The van der Waals surface area contributed by atoms with Gasteiger partial charge >= 0.3 is 0 Å². The number of amides is 1. The molecule has 136 valence electrons. The van der Waals surface area contributed by atoms with Gasteiger partial charge in [-0.3, -0.25) is 4.79 Å². The van der Waals surface area contributed by atoms with E-state index in [1.807, 2.05) is 17.9 Å². The zero-order valence-corrected chi connectivity index (χ0v) is 15.7. The molecule has 6 nitrogen and oxygen atoms in total. The van der Waals surface area contributed by atoms with E-state index in [0.717, 1.165) is 44.7 Å². The molecule has 0 aromatic carbocycles. The van der Waals surface area contributed by atoms with E-state index in [0.29, 0.717) is 5.69 Å². The van der Waals surface area contributed by atoms with Crippen molar-refractivity contribution in [1.29, 1.82) is 0 Å². The molecule has 0 aliphatic carbocycles. The van der Waals surface area contributed by atoms with E-state index in [9.17, 15) is 4.79 Å². The van der Waals surface area contributed by atoms with Crippen LogP contribution in [-0.2, 0) is 0 Å². The van der Waals surface area contributed by atoms with Gasteiger partial charge in [0.25, 0.3) is 5.91 Å². The molecule has 0 bridgehead atoms. The zero-order valence-electron chi connectivity index (χ0n) is 14.1. The number of nitrogens with zero attached hydrogens (tertiary/aromatic N) is 4. The first kappa shape index (κ1) is 20.9. The predicted octanol–water partition coefficient (Wildman–Crippen LogP) is 2.26. The Labute approximate surface area is 156 Å². The van der Waals surface area contributed by atoms with Crippen LogP contribution in [0.15, 0.2) is 12.1 Å². The van der Waals surface area contributed by atoms with Crippen LogP contribution in [0, 0.1) is 0 Å². The van der Waals surface area contributed by atoms with Crippen molar-refractivity contribution in [2.75, 3.05) is 24.5 Å². The molecule has 1 aromatic rings. The molecule has 3 heterocycles. The molecule has 2 atom stereocenters. The second-order valence-corrected chi connectivity index (χ2v) is 6.39. The summed E-state index contributed by atoms with van der Waals surface area (Å²) in [5, 5.41) is 8.41. The molecule has 0 saturated carbocycles. The van der Waals surface area contributed by atoms with Gasteiger partial charge in [0.2, 0.25) is 0 Å². The summed E-state index contributed by atoms with van der Waals surface area (Å²) in [7, 11) is 0. The molecule has 24 heavy (non-hydrogen) atoms. The second kappa shape index (κ2) is 9.39. The molecule has 2 fully saturated rings. The SMILES string of the molecule is CC(N)C1CCCCN1C(=O)c1ccc(N2CCCC2)nn1.Cl.Cl. The molecule has 2 aliphatic heterocycles. The Morgan fingerprint density at radius 3 is 2.38 bits per heavy atom. The molecular formula is C16H27Cl2N5O. The number of anilines is 1. The molecule has 1 amide bonds. The van der Waals surface area contributed by atoms with E-state index in [1.54, 1.807) is 6.07 Å². The lowest BCUT2D eigenvalue weighted by molar-refractivity contribution is 0.0576. The average Bonchev–Trinajstić information content (AvgIpc) is 3.09. The Morgan fingerprint density at radius 1 is 1.12 bits per heavy atom. The summed E-state index contributed by atoms with van der Waals surface area (Å²) in [6, 6.07) is 3.81. The highest BCUT2D eigenvalue weighted by Gasteiger charge is 2.30. The third-order valence-corrected chi connectivity index (χ3v) is 4.72. The van der Waals surface area contributed by atoms with Crippen LogP contribution in [0.1, 0.15) is 49.5 Å². The van der Waals surface area contributed by atoms with Crippen LogP contribution in [0.2, 0.25) is 0 Å². The maximum Gasteiger partial charge on any atom is 0.274 e. The number of likely N-dealkylation sites (tertiary alicyclic amines) is 1. The van der Waals surface area contributed by atoms with E-state index in [4.69, 9.17) is 5.73 Å². The number of hydrogen-bond acceptors (Lipinski definition) is 5. The van der Waals surface area contributed by atoms with Gasteiger partial charge < -0.3 is 15.5 Å². The highest BCUT2D eigenvalue weighted by atomic mass is 35.5. The van der Waals surface area contributed by atoms with Crippen molar-refractivity contribution in [3.8, 4) is 0 Å². The van der Waals surface area contributed by atoms with E-state index in [-0.39, 0.29) is 42.8 Å². The quantitative estimate of drug-likeness (QED) is 0.876. The van der Waals surface area contributed by atoms with E-state index in [2.05, 4.69) is 15.1 Å². The fraction of sp³-hybridized carbons (Fsp3) is 0.688. The summed E-state index contributed by atoms with van der Waals surface area (Å²) in [4.78, 5) is 16.8. The topological polar surface area (TPSA) is 75.3 Å². The largest absolute Gasteiger partial charge is 0.355 e. The number of carbonyl (C=O) groups excluding carboxylic acids is 1. The van der Waals surface area contributed by atoms with E-state index in [1.165, 1.54) is 12.8 Å². The van der Waals surface area contributed by atoms with Gasteiger partial charge in [0, 0.05) is 31.7 Å². The number of rotatable bonds is 3. The maximum absolute atomic E-state index is 12.7. The summed E-state index contributed by atoms with van der Waals surface area (Å²) < 4.78 is 0. The molecule has 2 N–H and O–H groups in total. The number of hydrogen-bond donors (Lipinski definition) is 1. The van der Waals surface area contributed by atoms with Crippen molar-refractivity contribution >= 4 is 36.5 Å². The van der Waals surface area contributed by atoms with Crippen LogP contribution in [0.4, 0.5) is 5.82 Å².